The second kappa shape index (κ2) is 5.75. The van der Waals surface area contributed by atoms with Crippen molar-refractivity contribution in [2.24, 2.45) is 0 Å². The normalized spacial score (nSPS) is 18.3. The molecule has 0 spiro atoms. The van der Waals surface area contributed by atoms with Crippen molar-refractivity contribution in [3.05, 3.63) is 54.4 Å². The van der Waals surface area contributed by atoms with E-state index < -0.39 is 0 Å². The SMILES string of the molecule is O=C(c1ccccn1)N1CCCCC1c1ccnc2ncnn12. The van der Waals surface area contributed by atoms with Crippen LogP contribution in [0.4, 0.5) is 0 Å². The molecule has 1 aliphatic rings. The number of piperidine rings is 1. The number of aromatic nitrogens is 5. The van der Waals surface area contributed by atoms with E-state index in [1.165, 1.54) is 6.33 Å². The lowest BCUT2D eigenvalue weighted by atomic mass is 9.98. The van der Waals surface area contributed by atoms with Crippen LogP contribution < -0.4 is 0 Å². The Kier molecular flexibility index (Phi) is 3.45. The molecule has 3 aromatic heterocycles. The van der Waals surface area contributed by atoms with Crippen molar-refractivity contribution >= 4 is 11.7 Å². The smallest absolute Gasteiger partial charge is 0.273 e. The largest absolute Gasteiger partial charge is 0.329 e. The third kappa shape index (κ3) is 2.44. The highest BCUT2D eigenvalue weighted by Gasteiger charge is 2.31. The Morgan fingerprint density at radius 2 is 2.04 bits per heavy atom. The zero-order valence-electron chi connectivity index (χ0n) is 12.5. The predicted molar refractivity (Wildman–Crippen MR) is 82.6 cm³/mol. The molecule has 23 heavy (non-hydrogen) atoms. The topological polar surface area (TPSA) is 76.3 Å². The highest BCUT2D eigenvalue weighted by molar-refractivity contribution is 5.92. The van der Waals surface area contributed by atoms with Crippen molar-refractivity contribution in [1.29, 1.82) is 0 Å². The zero-order chi connectivity index (χ0) is 15.6. The van der Waals surface area contributed by atoms with E-state index in [4.69, 9.17) is 0 Å². The predicted octanol–water partition coefficient (Wildman–Crippen LogP) is 1.89. The average Bonchev–Trinajstić information content (AvgIpc) is 3.10. The molecule has 7 nitrogen and oxygen atoms in total. The summed E-state index contributed by atoms with van der Waals surface area (Å²) in [6.07, 6.45) is 7.83. The molecule has 1 unspecified atom stereocenters. The quantitative estimate of drug-likeness (QED) is 0.722. The number of carbonyl (C=O) groups excluding carboxylic acids is 1. The summed E-state index contributed by atoms with van der Waals surface area (Å²) < 4.78 is 1.72. The van der Waals surface area contributed by atoms with Gasteiger partial charge < -0.3 is 4.90 Å². The third-order valence-corrected chi connectivity index (χ3v) is 4.20. The van der Waals surface area contributed by atoms with Crippen LogP contribution >= 0.6 is 0 Å². The summed E-state index contributed by atoms with van der Waals surface area (Å²) in [5.74, 6) is 0.513. The van der Waals surface area contributed by atoms with Gasteiger partial charge in [-0.3, -0.25) is 9.78 Å². The molecule has 0 N–H and O–H groups in total. The van der Waals surface area contributed by atoms with Gasteiger partial charge in [-0.25, -0.2) is 4.98 Å². The van der Waals surface area contributed by atoms with Crippen LogP contribution in [0.2, 0.25) is 0 Å². The Hall–Kier alpha value is -2.83. The highest BCUT2D eigenvalue weighted by Crippen LogP contribution is 2.31. The van der Waals surface area contributed by atoms with Gasteiger partial charge >= 0.3 is 0 Å². The van der Waals surface area contributed by atoms with Crippen LogP contribution in [0.3, 0.4) is 0 Å². The molecule has 4 rings (SSSR count). The lowest BCUT2D eigenvalue weighted by Crippen LogP contribution is -2.39. The standard InChI is InChI=1S/C16H16N6O/c23-15(12-5-1-3-8-17-12)21-10-4-2-6-13(21)14-7-9-18-16-19-11-20-22(14)16/h1,3,5,7-9,11,13H,2,4,6,10H2. The van der Waals surface area contributed by atoms with E-state index in [1.54, 1.807) is 23.0 Å². The minimum atomic E-state index is -0.0413. The first-order chi connectivity index (χ1) is 11.3. The van der Waals surface area contributed by atoms with Crippen molar-refractivity contribution < 1.29 is 4.79 Å². The Labute approximate surface area is 133 Å². The number of fused-ring (bicyclic) bond motifs is 1. The molecular formula is C16H16N6O. The molecule has 116 valence electrons. The second-order valence-corrected chi connectivity index (χ2v) is 5.57. The Balaban J connectivity index is 1.74. The van der Waals surface area contributed by atoms with Crippen LogP contribution in [-0.2, 0) is 0 Å². The van der Waals surface area contributed by atoms with Crippen LogP contribution in [0, 0.1) is 0 Å². The number of carbonyl (C=O) groups is 1. The monoisotopic (exact) mass is 308 g/mol. The molecular weight excluding hydrogens is 292 g/mol. The first-order valence-corrected chi connectivity index (χ1v) is 7.71. The minimum Gasteiger partial charge on any atom is -0.329 e. The van der Waals surface area contributed by atoms with Gasteiger partial charge in [-0.1, -0.05) is 6.07 Å². The Morgan fingerprint density at radius 3 is 2.91 bits per heavy atom. The lowest BCUT2D eigenvalue weighted by Gasteiger charge is -2.35. The molecule has 1 atom stereocenters. The lowest BCUT2D eigenvalue weighted by molar-refractivity contribution is 0.0597. The van der Waals surface area contributed by atoms with Gasteiger partial charge in [0.2, 0.25) is 0 Å². The first kappa shape index (κ1) is 13.8. The van der Waals surface area contributed by atoms with Crippen LogP contribution in [0.1, 0.15) is 41.5 Å². The van der Waals surface area contributed by atoms with Crippen molar-refractivity contribution in [2.75, 3.05) is 6.54 Å². The third-order valence-electron chi connectivity index (χ3n) is 4.20. The van der Waals surface area contributed by atoms with Gasteiger partial charge in [0.15, 0.2) is 0 Å². The second-order valence-electron chi connectivity index (χ2n) is 5.57. The molecule has 0 aromatic carbocycles. The fourth-order valence-electron chi connectivity index (χ4n) is 3.13. The van der Waals surface area contributed by atoms with Crippen LogP contribution in [0.5, 0.6) is 0 Å². The van der Waals surface area contributed by atoms with Gasteiger partial charge in [-0.05, 0) is 37.5 Å². The van der Waals surface area contributed by atoms with E-state index in [1.807, 2.05) is 23.1 Å². The van der Waals surface area contributed by atoms with Crippen LogP contribution in [0.25, 0.3) is 5.78 Å². The average molecular weight is 308 g/mol. The maximum absolute atomic E-state index is 12.9. The van der Waals surface area contributed by atoms with Gasteiger partial charge in [0.1, 0.15) is 12.0 Å². The number of amides is 1. The highest BCUT2D eigenvalue weighted by atomic mass is 16.2. The Bertz CT molecular complexity index is 831. The molecule has 1 fully saturated rings. The molecule has 1 aliphatic heterocycles. The number of pyridine rings is 1. The fraction of sp³-hybridized carbons (Fsp3) is 0.312. The van der Waals surface area contributed by atoms with Gasteiger partial charge in [0.05, 0.1) is 11.7 Å². The van der Waals surface area contributed by atoms with Crippen LogP contribution in [0.15, 0.2) is 43.0 Å². The molecule has 0 aliphatic carbocycles. The molecule has 1 amide bonds. The summed E-state index contributed by atoms with van der Waals surface area (Å²) in [4.78, 5) is 27.3. The molecule has 7 heteroatoms. The Morgan fingerprint density at radius 1 is 1.09 bits per heavy atom. The fourth-order valence-corrected chi connectivity index (χ4v) is 3.13. The van der Waals surface area contributed by atoms with Gasteiger partial charge in [0.25, 0.3) is 11.7 Å². The molecule has 1 saturated heterocycles. The van der Waals surface area contributed by atoms with E-state index in [-0.39, 0.29) is 11.9 Å². The summed E-state index contributed by atoms with van der Waals surface area (Å²) >= 11 is 0. The van der Waals surface area contributed by atoms with Crippen LogP contribution in [-0.4, -0.2) is 41.9 Å². The molecule has 4 heterocycles. The van der Waals surface area contributed by atoms with E-state index >= 15 is 0 Å². The maximum atomic E-state index is 12.9. The molecule has 3 aromatic rings. The van der Waals surface area contributed by atoms with E-state index in [9.17, 15) is 4.79 Å². The van der Waals surface area contributed by atoms with Crippen molar-refractivity contribution in [2.45, 2.75) is 25.3 Å². The van der Waals surface area contributed by atoms with E-state index in [0.717, 1.165) is 31.5 Å². The van der Waals surface area contributed by atoms with E-state index in [2.05, 4.69) is 20.1 Å². The molecule has 0 saturated carbocycles. The van der Waals surface area contributed by atoms with Gasteiger partial charge in [0, 0.05) is 18.9 Å². The zero-order valence-corrected chi connectivity index (χ0v) is 12.5. The summed E-state index contributed by atoms with van der Waals surface area (Å²) in [5.41, 5.74) is 1.42. The summed E-state index contributed by atoms with van der Waals surface area (Å²) in [6.45, 7) is 0.721. The van der Waals surface area contributed by atoms with Crippen molar-refractivity contribution in [3.8, 4) is 0 Å². The summed E-state index contributed by atoms with van der Waals surface area (Å²) in [5, 5.41) is 4.25. The van der Waals surface area contributed by atoms with Gasteiger partial charge in [-0.2, -0.15) is 14.6 Å². The van der Waals surface area contributed by atoms with E-state index in [0.29, 0.717) is 11.5 Å². The number of rotatable bonds is 2. The minimum absolute atomic E-state index is 0.0366. The number of hydrogen-bond acceptors (Lipinski definition) is 5. The van der Waals surface area contributed by atoms with Gasteiger partial charge in [-0.15, -0.1) is 0 Å². The summed E-state index contributed by atoms with van der Waals surface area (Å²) in [7, 11) is 0. The molecule has 0 radical (unpaired) electrons. The van der Waals surface area contributed by atoms with Crippen molar-refractivity contribution in [1.82, 2.24) is 29.5 Å². The maximum Gasteiger partial charge on any atom is 0.273 e. The summed E-state index contributed by atoms with van der Waals surface area (Å²) in [6, 6.07) is 7.28. The number of likely N-dealkylation sites (tertiary alicyclic amines) is 1. The first-order valence-electron chi connectivity index (χ1n) is 7.71. The van der Waals surface area contributed by atoms with Crippen molar-refractivity contribution in [3.63, 3.8) is 0 Å². The molecule has 0 bridgehead atoms. The number of nitrogens with zero attached hydrogens (tertiary/aromatic N) is 6. The number of hydrogen-bond donors (Lipinski definition) is 0.